The molecule has 2 heterocycles. The Morgan fingerprint density at radius 3 is 2.48 bits per heavy atom. The second kappa shape index (κ2) is 10.2. The number of amides is 1. The molecule has 2 fully saturated rings. The first kappa shape index (κ1) is 22.6. The van der Waals surface area contributed by atoms with Gasteiger partial charge in [-0.05, 0) is 40.0 Å². The van der Waals surface area contributed by atoms with Crippen LogP contribution in [0.5, 0.6) is 0 Å². The van der Waals surface area contributed by atoms with Crippen LogP contribution in [0.15, 0.2) is 0 Å². The summed E-state index contributed by atoms with van der Waals surface area (Å²) in [5.74, 6) is 0. The van der Waals surface area contributed by atoms with E-state index in [4.69, 9.17) is 18.5 Å². The molecule has 2 saturated heterocycles. The molecule has 2 rings (SSSR count). The highest BCUT2D eigenvalue weighted by Gasteiger charge is 2.57. The van der Waals surface area contributed by atoms with Crippen molar-refractivity contribution in [3.05, 3.63) is 0 Å². The number of hydrogen-bond donors (Lipinski definition) is 1. The van der Waals surface area contributed by atoms with E-state index < -0.39 is 19.0 Å². The van der Waals surface area contributed by atoms with Crippen LogP contribution in [0.1, 0.15) is 40.0 Å². The summed E-state index contributed by atoms with van der Waals surface area (Å²) >= 11 is 0. The van der Waals surface area contributed by atoms with Gasteiger partial charge in [-0.3, -0.25) is 4.57 Å². The maximum absolute atomic E-state index is 13.8. The van der Waals surface area contributed by atoms with Crippen molar-refractivity contribution in [3.8, 4) is 0 Å². The van der Waals surface area contributed by atoms with Gasteiger partial charge in [0.2, 0.25) is 0 Å². The fraction of sp³-hybridized carbons (Fsp3) is 0.941. The van der Waals surface area contributed by atoms with Gasteiger partial charge in [-0.1, -0.05) is 0 Å². The molecule has 2 aliphatic heterocycles. The Kier molecular flexibility index (Phi) is 8.52. The molecule has 27 heavy (non-hydrogen) atoms. The second-order valence-electron chi connectivity index (χ2n) is 6.79. The molecule has 0 aromatic heterocycles. The number of likely N-dealkylation sites (tertiary alicyclic amines) is 1. The lowest BCUT2D eigenvalue weighted by atomic mass is 10.2. The molecule has 10 heteroatoms. The van der Waals surface area contributed by atoms with E-state index in [1.165, 1.54) is 0 Å². The van der Waals surface area contributed by atoms with Crippen LogP contribution in [0.4, 0.5) is 4.79 Å². The summed E-state index contributed by atoms with van der Waals surface area (Å²) < 4.78 is 35.6. The van der Waals surface area contributed by atoms with Gasteiger partial charge >= 0.3 is 13.7 Å². The number of hydrazine groups is 1. The average Bonchev–Trinajstić information content (AvgIpc) is 3.25. The second-order valence-corrected chi connectivity index (χ2v) is 9.16. The van der Waals surface area contributed by atoms with Gasteiger partial charge in [0.15, 0.2) is 5.28 Å². The largest absolute Gasteiger partial charge is 0.450 e. The minimum Gasteiger partial charge on any atom is -0.450 e. The maximum atomic E-state index is 13.8. The van der Waals surface area contributed by atoms with Crippen molar-refractivity contribution in [2.45, 2.75) is 51.4 Å². The van der Waals surface area contributed by atoms with Gasteiger partial charge in [0, 0.05) is 26.2 Å². The molecule has 0 aromatic rings. The topological polar surface area (TPSA) is 89.6 Å². The van der Waals surface area contributed by atoms with Crippen molar-refractivity contribution in [1.82, 2.24) is 15.3 Å². The van der Waals surface area contributed by atoms with Crippen LogP contribution in [0.2, 0.25) is 0 Å². The lowest BCUT2D eigenvalue weighted by Crippen LogP contribution is -2.58. The van der Waals surface area contributed by atoms with Gasteiger partial charge in [0.1, 0.15) is 0 Å². The first-order valence-electron chi connectivity index (χ1n) is 9.79. The SMILES string of the molecule is CCOC(=O)N1CCC(NN2CCC[C@@H]2COC)(P(=O)(OCC)OCC)C1. The summed E-state index contributed by atoms with van der Waals surface area (Å²) in [4.78, 5) is 13.8. The van der Waals surface area contributed by atoms with Gasteiger partial charge in [-0.2, -0.15) is 0 Å². The summed E-state index contributed by atoms with van der Waals surface area (Å²) in [5.41, 5.74) is 3.45. The summed E-state index contributed by atoms with van der Waals surface area (Å²) in [6.45, 7) is 8.21. The monoisotopic (exact) mass is 407 g/mol. The minimum absolute atomic E-state index is 0.181. The molecule has 0 aliphatic carbocycles. The molecule has 158 valence electrons. The van der Waals surface area contributed by atoms with Crippen LogP contribution in [-0.2, 0) is 23.1 Å². The Bertz CT molecular complexity index is 527. The third-order valence-corrected chi connectivity index (χ3v) is 7.69. The van der Waals surface area contributed by atoms with Crippen molar-refractivity contribution >= 4 is 13.7 Å². The number of ether oxygens (including phenoxy) is 2. The molecular formula is C17H34N3O6P. The predicted molar refractivity (Wildman–Crippen MR) is 102 cm³/mol. The summed E-state index contributed by atoms with van der Waals surface area (Å²) in [5, 5.41) is 1.07. The van der Waals surface area contributed by atoms with E-state index in [1.54, 1.807) is 32.8 Å². The molecule has 0 radical (unpaired) electrons. The molecule has 0 bridgehead atoms. The number of methoxy groups -OCH3 is 1. The van der Waals surface area contributed by atoms with E-state index in [1.807, 2.05) is 0 Å². The van der Waals surface area contributed by atoms with Gasteiger partial charge in [-0.25, -0.2) is 15.2 Å². The highest BCUT2D eigenvalue weighted by atomic mass is 31.2. The van der Waals surface area contributed by atoms with Crippen molar-refractivity contribution in [2.24, 2.45) is 0 Å². The van der Waals surface area contributed by atoms with Crippen LogP contribution < -0.4 is 5.43 Å². The summed E-state index contributed by atoms with van der Waals surface area (Å²) in [7, 11) is -1.86. The van der Waals surface area contributed by atoms with Crippen LogP contribution in [0.25, 0.3) is 0 Å². The zero-order valence-corrected chi connectivity index (χ0v) is 17.8. The predicted octanol–water partition coefficient (Wildman–Crippen LogP) is 2.43. The number of hydrogen-bond acceptors (Lipinski definition) is 8. The third-order valence-electron chi connectivity index (χ3n) is 4.98. The van der Waals surface area contributed by atoms with E-state index in [2.05, 4.69) is 10.4 Å². The Labute approximate surface area is 162 Å². The lowest BCUT2D eigenvalue weighted by molar-refractivity contribution is 0.0522. The van der Waals surface area contributed by atoms with Crippen molar-refractivity contribution in [2.75, 3.05) is 53.2 Å². The average molecular weight is 407 g/mol. The van der Waals surface area contributed by atoms with Crippen molar-refractivity contribution < 1.29 is 27.9 Å². The van der Waals surface area contributed by atoms with Crippen LogP contribution in [-0.4, -0.2) is 80.5 Å². The Balaban J connectivity index is 2.28. The van der Waals surface area contributed by atoms with Gasteiger partial charge in [-0.15, -0.1) is 0 Å². The van der Waals surface area contributed by atoms with Gasteiger partial charge < -0.3 is 23.4 Å². The van der Waals surface area contributed by atoms with E-state index in [-0.39, 0.29) is 25.8 Å². The molecule has 2 atom stereocenters. The smallest absolute Gasteiger partial charge is 0.409 e. The third kappa shape index (κ3) is 5.02. The molecule has 1 N–H and O–H groups in total. The molecule has 0 aromatic carbocycles. The Hall–Kier alpha value is -0.700. The van der Waals surface area contributed by atoms with Crippen molar-refractivity contribution in [1.29, 1.82) is 0 Å². The number of rotatable bonds is 10. The normalized spacial score (nSPS) is 26.7. The lowest BCUT2D eigenvalue weighted by Gasteiger charge is -2.40. The van der Waals surface area contributed by atoms with Crippen LogP contribution in [0, 0.1) is 0 Å². The maximum Gasteiger partial charge on any atom is 0.409 e. The van der Waals surface area contributed by atoms with E-state index in [9.17, 15) is 9.36 Å². The zero-order chi connectivity index (χ0) is 19.9. The minimum atomic E-state index is -3.53. The van der Waals surface area contributed by atoms with E-state index in [0.717, 1.165) is 19.4 Å². The molecular weight excluding hydrogens is 373 g/mol. The number of carbonyl (C=O) groups is 1. The fourth-order valence-electron chi connectivity index (χ4n) is 3.78. The molecule has 0 spiro atoms. The zero-order valence-electron chi connectivity index (χ0n) is 16.9. The first-order valence-corrected chi connectivity index (χ1v) is 11.3. The van der Waals surface area contributed by atoms with Crippen molar-refractivity contribution in [3.63, 3.8) is 0 Å². The van der Waals surface area contributed by atoms with E-state index in [0.29, 0.717) is 26.2 Å². The van der Waals surface area contributed by atoms with Gasteiger partial charge in [0.05, 0.1) is 33.0 Å². The molecule has 1 amide bonds. The molecule has 2 aliphatic rings. The first-order chi connectivity index (χ1) is 12.9. The van der Waals surface area contributed by atoms with Crippen LogP contribution >= 0.6 is 7.60 Å². The standard InChI is InChI=1S/C17H34N3O6P/c1-5-24-16(21)19-12-10-17(14-19,27(22,25-6-2)26-7-3)18-20-11-8-9-15(20)13-23-4/h15,18H,5-14H2,1-4H3/t15-,17?/m1/s1. The Morgan fingerprint density at radius 2 is 1.89 bits per heavy atom. The van der Waals surface area contributed by atoms with E-state index >= 15 is 0 Å². The Morgan fingerprint density at radius 1 is 1.19 bits per heavy atom. The summed E-state index contributed by atoms with van der Waals surface area (Å²) in [6.07, 6.45) is 2.06. The van der Waals surface area contributed by atoms with Gasteiger partial charge in [0.25, 0.3) is 0 Å². The number of nitrogens with zero attached hydrogens (tertiary/aromatic N) is 2. The number of nitrogens with one attached hydrogen (secondary N) is 1. The highest BCUT2D eigenvalue weighted by Crippen LogP contribution is 2.62. The summed E-state index contributed by atoms with van der Waals surface area (Å²) in [6, 6.07) is 0.181. The fourth-order valence-corrected chi connectivity index (χ4v) is 6.00. The highest BCUT2D eigenvalue weighted by molar-refractivity contribution is 7.55. The molecule has 0 saturated carbocycles. The molecule has 9 nitrogen and oxygen atoms in total. The molecule has 1 unspecified atom stereocenters. The van der Waals surface area contributed by atoms with Crippen LogP contribution in [0.3, 0.4) is 0 Å². The quantitative estimate of drug-likeness (QED) is 0.553. The number of carbonyl (C=O) groups excluding carboxylic acids is 1.